The molecule has 1 heterocycles. The van der Waals surface area contributed by atoms with Crippen molar-refractivity contribution in [2.45, 2.75) is 62.8 Å². The highest BCUT2D eigenvalue weighted by Gasteiger charge is 2.42. The molecule has 0 spiro atoms. The monoisotopic (exact) mass is 350 g/mol. The molecule has 3 rings (SSSR count). The van der Waals surface area contributed by atoms with Crippen LogP contribution in [0.2, 0.25) is 0 Å². The van der Waals surface area contributed by atoms with E-state index in [1.165, 1.54) is 12.1 Å². The number of benzene rings is 1. The van der Waals surface area contributed by atoms with Gasteiger partial charge in [-0.15, -0.1) is 0 Å². The molecule has 5 nitrogen and oxygen atoms in total. The van der Waals surface area contributed by atoms with Crippen LogP contribution in [-0.4, -0.2) is 51.9 Å². The summed E-state index contributed by atoms with van der Waals surface area (Å²) in [5.41, 5.74) is -0.526. The molecule has 1 atom stereocenters. The number of piperidine rings is 1. The lowest BCUT2D eigenvalue weighted by Gasteiger charge is -2.39. The van der Waals surface area contributed by atoms with Gasteiger partial charge in [0.1, 0.15) is 5.82 Å². The molecule has 1 saturated heterocycles. The third-order valence-electron chi connectivity index (χ3n) is 5.37. The topological polar surface area (TPSA) is 72.8 Å². The van der Waals surface area contributed by atoms with Crippen molar-refractivity contribution in [2.75, 3.05) is 13.1 Å². The van der Waals surface area contributed by atoms with Crippen molar-refractivity contribution in [1.29, 1.82) is 0 Å². The van der Waals surface area contributed by atoms with Crippen molar-refractivity contribution < 1.29 is 19.4 Å². The second-order valence-electron chi connectivity index (χ2n) is 7.37. The lowest BCUT2D eigenvalue weighted by atomic mass is 9.89. The van der Waals surface area contributed by atoms with E-state index < -0.39 is 5.60 Å². The molecule has 3 N–H and O–H groups in total. The Morgan fingerprint density at radius 2 is 1.88 bits per heavy atom. The molecule has 1 aromatic carbocycles. The van der Waals surface area contributed by atoms with Gasteiger partial charge in [-0.3, -0.25) is 4.79 Å². The Balaban J connectivity index is 1.57. The predicted octanol–water partition coefficient (Wildman–Crippen LogP) is 1.57. The molecule has 25 heavy (non-hydrogen) atoms. The highest BCUT2D eigenvalue weighted by atomic mass is 19.1. The Morgan fingerprint density at radius 3 is 2.56 bits per heavy atom. The van der Waals surface area contributed by atoms with Crippen LogP contribution in [0.1, 0.15) is 44.1 Å². The van der Waals surface area contributed by atoms with Crippen LogP contribution < -0.4 is 5.32 Å². The smallest absolute Gasteiger partial charge is 0.256 e. The van der Waals surface area contributed by atoms with E-state index >= 15 is 0 Å². The van der Waals surface area contributed by atoms with Crippen molar-refractivity contribution in [2.24, 2.45) is 0 Å². The molecule has 1 aliphatic heterocycles. The van der Waals surface area contributed by atoms with Crippen molar-refractivity contribution in [3.8, 4) is 0 Å². The van der Waals surface area contributed by atoms with Crippen LogP contribution in [0.4, 0.5) is 4.39 Å². The van der Waals surface area contributed by atoms with E-state index in [1.807, 2.05) is 0 Å². The molecular formula is C19H27FN2O3. The normalized spacial score (nSPS) is 30.5. The van der Waals surface area contributed by atoms with Gasteiger partial charge in [-0.1, -0.05) is 12.1 Å². The van der Waals surface area contributed by atoms with Crippen molar-refractivity contribution in [3.05, 3.63) is 35.6 Å². The number of carbonyl (C=O) groups is 1. The summed E-state index contributed by atoms with van der Waals surface area (Å²) in [6, 6.07) is 6.35. The van der Waals surface area contributed by atoms with Gasteiger partial charge in [-0.05, 0) is 56.2 Å². The molecule has 138 valence electrons. The van der Waals surface area contributed by atoms with Crippen molar-refractivity contribution in [3.63, 3.8) is 0 Å². The third kappa shape index (κ3) is 4.57. The fourth-order valence-corrected chi connectivity index (χ4v) is 3.78. The average molecular weight is 350 g/mol. The quantitative estimate of drug-likeness (QED) is 0.754. The first-order valence-electron chi connectivity index (χ1n) is 9.14. The number of amides is 1. The minimum atomic E-state index is -1.38. The van der Waals surface area contributed by atoms with Gasteiger partial charge in [-0.2, -0.15) is 0 Å². The molecule has 1 amide bonds. The van der Waals surface area contributed by atoms with Crippen molar-refractivity contribution in [1.82, 2.24) is 10.2 Å². The predicted molar refractivity (Wildman–Crippen MR) is 92.3 cm³/mol. The Labute approximate surface area is 147 Å². The van der Waals surface area contributed by atoms with Crippen LogP contribution in [0, 0.1) is 5.82 Å². The summed E-state index contributed by atoms with van der Waals surface area (Å²) in [7, 11) is 0. The van der Waals surface area contributed by atoms with E-state index in [0.29, 0.717) is 19.5 Å². The van der Waals surface area contributed by atoms with E-state index in [4.69, 9.17) is 0 Å². The van der Waals surface area contributed by atoms with Crippen LogP contribution in [0.3, 0.4) is 0 Å². The summed E-state index contributed by atoms with van der Waals surface area (Å²) in [5, 5.41) is 23.7. The molecule has 1 saturated carbocycles. The maximum absolute atomic E-state index is 13.0. The Kier molecular flexibility index (Phi) is 5.71. The van der Waals surface area contributed by atoms with Crippen LogP contribution in [0.25, 0.3) is 0 Å². The minimum Gasteiger partial charge on any atom is -0.393 e. The summed E-state index contributed by atoms with van der Waals surface area (Å²) in [6.45, 7) is 1.23. The summed E-state index contributed by atoms with van der Waals surface area (Å²) >= 11 is 0. The van der Waals surface area contributed by atoms with Gasteiger partial charge in [-0.25, -0.2) is 4.39 Å². The average Bonchev–Trinajstić information content (AvgIpc) is 2.61. The zero-order valence-electron chi connectivity index (χ0n) is 14.5. The molecule has 1 aromatic rings. The second kappa shape index (κ2) is 7.81. The lowest BCUT2D eigenvalue weighted by molar-refractivity contribution is -0.157. The highest BCUT2D eigenvalue weighted by Crippen LogP contribution is 2.25. The van der Waals surface area contributed by atoms with Gasteiger partial charge in [0.05, 0.1) is 6.10 Å². The maximum atomic E-state index is 13.0. The van der Waals surface area contributed by atoms with Crippen LogP contribution in [-0.2, 0) is 11.3 Å². The second-order valence-corrected chi connectivity index (χ2v) is 7.37. The standard InChI is InChI=1S/C19H27FN2O3/c20-15-4-2-14(3-5-15)12-22-11-1-10-19(25,18(22)24)13-21-16-6-8-17(23)9-7-16/h2-5,16-17,21,23,25H,1,6-13H2/t16?,17?,19-/m0/s1. The zero-order chi connectivity index (χ0) is 17.9. The number of nitrogens with one attached hydrogen (secondary N) is 1. The fourth-order valence-electron chi connectivity index (χ4n) is 3.78. The zero-order valence-corrected chi connectivity index (χ0v) is 14.5. The minimum absolute atomic E-state index is 0.219. The van der Waals surface area contributed by atoms with Gasteiger partial charge in [0.2, 0.25) is 0 Å². The Hall–Kier alpha value is -1.50. The highest BCUT2D eigenvalue weighted by molar-refractivity contribution is 5.86. The Morgan fingerprint density at radius 1 is 1.20 bits per heavy atom. The van der Waals surface area contributed by atoms with E-state index in [0.717, 1.165) is 37.7 Å². The first-order valence-corrected chi connectivity index (χ1v) is 9.14. The van der Waals surface area contributed by atoms with Crippen LogP contribution >= 0.6 is 0 Å². The number of likely N-dealkylation sites (tertiary alicyclic amines) is 1. The molecule has 0 radical (unpaired) electrons. The first-order chi connectivity index (χ1) is 12.0. The number of aliphatic hydroxyl groups is 2. The van der Waals surface area contributed by atoms with E-state index in [-0.39, 0.29) is 30.4 Å². The number of hydrogen-bond donors (Lipinski definition) is 3. The molecule has 2 aliphatic rings. The molecule has 0 unspecified atom stereocenters. The SMILES string of the molecule is O=C1N(Cc2ccc(F)cc2)CCC[C@]1(O)CNC1CCC(O)CC1. The van der Waals surface area contributed by atoms with Gasteiger partial charge in [0.25, 0.3) is 5.91 Å². The van der Waals surface area contributed by atoms with Gasteiger partial charge in [0.15, 0.2) is 5.60 Å². The first kappa shape index (κ1) is 18.3. The lowest BCUT2D eigenvalue weighted by Crippen LogP contribution is -2.58. The number of nitrogens with zero attached hydrogens (tertiary/aromatic N) is 1. The number of aliphatic hydroxyl groups excluding tert-OH is 1. The summed E-state index contributed by atoms with van der Waals surface area (Å²) in [6.07, 6.45) is 4.24. The summed E-state index contributed by atoms with van der Waals surface area (Å²) in [5.74, 6) is -0.557. The molecule has 0 bridgehead atoms. The maximum Gasteiger partial charge on any atom is 0.256 e. The van der Waals surface area contributed by atoms with Gasteiger partial charge in [0, 0.05) is 25.7 Å². The number of rotatable bonds is 5. The number of carbonyl (C=O) groups excluding carboxylic acids is 1. The molecule has 2 fully saturated rings. The number of hydrogen-bond acceptors (Lipinski definition) is 4. The van der Waals surface area contributed by atoms with Gasteiger partial charge >= 0.3 is 0 Å². The fraction of sp³-hybridized carbons (Fsp3) is 0.632. The third-order valence-corrected chi connectivity index (χ3v) is 5.37. The van der Waals surface area contributed by atoms with E-state index in [9.17, 15) is 19.4 Å². The summed E-state index contributed by atoms with van der Waals surface area (Å²) < 4.78 is 13.0. The van der Waals surface area contributed by atoms with Crippen LogP contribution in [0.15, 0.2) is 24.3 Å². The molecule has 6 heteroatoms. The molecule has 1 aliphatic carbocycles. The molecule has 0 aromatic heterocycles. The van der Waals surface area contributed by atoms with E-state index in [2.05, 4.69) is 5.32 Å². The van der Waals surface area contributed by atoms with E-state index in [1.54, 1.807) is 17.0 Å². The van der Waals surface area contributed by atoms with Gasteiger partial charge < -0.3 is 20.4 Å². The largest absolute Gasteiger partial charge is 0.393 e. The number of halogens is 1. The Bertz CT molecular complexity index is 587. The van der Waals surface area contributed by atoms with Crippen LogP contribution in [0.5, 0.6) is 0 Å². The molecular weight excluding hydrogens is 323 g/mol. The summed E-state index contributed by atoms with van der Waals surface area (Å²) in [4.78, 5) is 14.4. The van der Waals surface area contributed by atoms with Crippen molar-refractivity contribution >= 4 is 5.91 Å².